The van der Waals surface area contributed by atoms with Crippen molar-refractivity contribution in [2.24, 2.45) is 0 Å². The fourth-order valence-electron chi connectivity index (χ4n) is 2.96. The predicted octanol–water partition coefficient (Wildman–Crippen LogP) is 0.995. The highest BCUT2D eigenvalue weighted by atomic mass is 16.5. The van der Waals surface area contributed by atoms with E-state index in [1.807, 2.05) is 24.3 Å². The molecule has 0 aliphatic heterocycles. The fourth-order valence-corrected chi connectivity index (χ4v) is 2.96. The number of fused-ring (bicyclic) bond motifs is 1. The van der Waals surface area contributed by atoms with E-state index in [-0.39, 0.29) is 23.9 Å². The molecular formula is C17H19N3O3. The predicted molar refractivity (Wildman–Crippen MR) is 85.5 cm³/mol. The van der Waals surface area contributed by atoms with Crippen LogP contribution in [0.15, 0.2) is 35.1 Å². The van der Waals surface area contributed by atoms with E-state index in [0.717, 1.165) is 29.7 Å². The van der Waals surface area contributed by atoms with Crippen molar-refractivity contribution in [3.05, 3.63) is 57.5 Å². The molecule has 0 saturated carbocycles. The molecule has 1 amide bonds. The number of hydrogen-bond acceptors (Lipinski definition) is 4. The lowest BCUT2D eigenvalue weighted by Crippen LogP contribution is -2.40. The molecular weight excluding hydrogens is 294 g/mol. The summed E-state index contributed by atoms with van der Waals surface area (Å²) in [6.07, 6.45) is 2.50. The molecule has 120 valence electrons. The molecule has 0 spiro atoms. The van der Waals surface area contributed by atoms with Gasteiger partial charge in [-0.15, -0.1) is 0 Å². The van der Waals surface area contributed by atoms with E-state index in [0.29, 0.717) is 12.2 Å². The molecule has 23 heavy (non-hydrogen) atoms. The van der Waals surface area contributed by atoms with Crippen molar-refractivity contribution in [1.82, 2.24) is 15.5 Å². The van der Waals surface area contributed by atoms with Crippen LogP contribution in [-0.4, -0.2) is 29.3 Å². The molecule has 3 rings (SSSR count). The van der Waals surface area contributed by atoms with E-state index >= 15 is 0 Å². The maximum atomic E-state index is 12.3. The van der Waals surface area contributed by atoms with Gasteiger partial charge in [-0.1, -0.05) is 18.2 Å². The summed E-state index contributed by atoms with van der Waals surface area (Å²) in [5.41, 5.74) is 2.49. The number of nitrogens with zero attached hydrogens (tertiary/aromatic N) is 1. The van der Waals surface area contributed by atoms with E-state index in [1.54, 1.807) is 13.2 Å². The molecule has 1 aromatic carbocycles. The summed E-state index contributed by atoms with van der Waals surface area (Å²) in [4.78, 5) is 23.6. The first-order valence-corrected chi connectivity index (χ1v) is 7.64. The van der Waals surface area contributed by atoms with Crippen molar-refractivity contribution in [1.29, 1.82) is 0 Å². The van der Waals surface area contributed by atoms with Crippen LogP contribution >= 0.6 is 0 Å². The zero-order valence-corrected chi connectivity index (χ0v) is 13.0. The van der Waals surface area contributed by atoms with E-state index < -0.39 is 0 Å². The largest absolute Gasteiger partial charge is 0.496 e. The van der Waals surface area contributed by atoms with Crippen molar-refractivity contribution >= 4 is 5.91 Å². The molecule has 2 N–H and O–H groups in total. The summed E-state index contributed by atoms with van der Waals surface area (Å²) in [5.74, 6) is 0.674. The van der Waals surface area contributed by atoms with E-state index in [1.165, 1.54) is 0 Å². The number of benzene rings is 1. The summed E-state index contributed by atoms with van der Waals surface area (Å²) in [6.45, 7) is 0. The van der Waals surface area contributed by atoms with Gasteiger partial charge in [-0.2, -0.15) is 5.10 Å². The molecule has 0 bridgehead atoms. The third-order valence-corrected chi connectivity index (χ3v) is 4.08. The minimum absolute atomic E-state index is 0.0355. The van der Waals surface area contributed by atoms with E-state index in [4.69, 9.17) is 4.74 Å². The highest BCUT2D eigenvalue weighted by molar-refractivity contribution is 5.79. The normalized spacial score (nSPS) is 16.5. The quantitative estimate of drug-likeness (QED) is 0.882. The van der Waals surface area contributed by atoms with Crippen LogP contribution in [0.25, 0.3) is 0 Å². The molecule has 1 unspecified atom stereocenters. The first-order chi connectivity index (χ1) is 11.2. The van der Waals surface area contributed by atoms with Gasteiger partial charge in [0.2, 0.25) is 5.91 Å². The summed E-state index contributed by atoms with van der Waals surface area (Å²) in [7, 11) is 1.60. The number of hydrogen-bond donors (Lipinski definition) is 2. The molecule has 1 atom stereocenters. The number of ether oxygens (including phenoxy) is 1. The summed E-state index contributed by atoms with van der Waals surface area (Å²) in [6, 6.07) is 9.10. The molecule has 1 aromatic heterocycles. The molecule has 6 nitrogen and oxygen atoms in total. The van der Waals surface area contributed by atoms with Crippen LogP contribution in [-0.2, 0) is 24.1 Å². The molecule has 0 radical (unpaired) electrons. The highest BCUT2D eigenvalue weighted by Crippen LogP contribution is 2.20. The number of aromatic nitrogens is 2. The summed E-state index contributed by atoms with van der Waals surface area (Å²) >= 11 is 0. The standard InChI is InChI=1S/C17H19N3O3/c1-23-15-5-3-2-4-11(15)9-16(21)18-13-6-7-14-12(8-13)10-17(22)20-19-14/h2-5,10,13H,6-9H2,1H3,(H,18,21)(H,20,22). The number of carbonyl (C=O) groups is 1. The fraction of sp³-hybridized carbons (Fsp3) is 0.353. The van der Waals surface area contributed by atoms with Crippen LogP contribution in [0.3, 0.4) is 0 Å². The molecule has 2 aromatic rings. The van der Waals surface area contributed by atoms with Gasteiger partial charge >= 0.3 is 0 Å². The molecule has 1 aliphatic rings. The number of aromatic amines is 1. The molecule has 0 saturated heterocycles. The number of nitrogens with one attached hydrogen (secondary N) is 2. The number of H-pyrrole nitrogens is 1. The molecule has 1 aliphatic carbocycles. The zero-order valence-electron chi connectivity index (χ0n) is 13.0. The molecule has 1 heterocycles. The Morgan fingerprint density at radius 2 is 2.26 bits per heavy atom. The minimum atomic E-state index is -0.204. The number of aryl methyl sites for hydroxylation is 1. The van der Waals surface area contributed by atoms with Crippen LogP contribution in [0.4, 0.5) is 0 Å². The van der Waals surface area contributed by atoms with Crippen LogP contribution in [0.5, 0.6) is 5.75 Å². The number of rotatable bonds is 4. The second-order valence-electron chi connectivity index (χ2n) is 5.70. The Kier molecular flexibility index (Phi) is 4.41. The van der Waals surface area contributed by atoms with Gasteiger partial charge in [0.05, 0.1) is 19.2 Å². The van der Waals surface area contributed by atoms with Gasteiger partial charge in [0.1, 0.15) is 5.75 Å². The number of para-hydroxylation sites is 1. The lowest BCUT2D eigenvalue weighted by Gasteiger charge is -2.24. The Morgan fingerprint density at radius 1 is 1.43 bits per heavy atom. The van der Waals surface area contributed by atoms with Gasteiger partial charge in [-0.05, 0) is 30.9 Å². The molecule has 0 fully saturated rings. The van der Waals surface area contributed by atoms with E-state index in [9.17, 15) is 9.59 Å². The Labute approximate surface area is 133 Å². The number of carbonyl (C=O) groups excluding carboxylic acids is 1. The Bertz CT molecular complexity index is 770. The monoisotopic (exact) mass is 313 g/mol. The highest BCUT2D eigenvalue weighted by Gasteiger charge is 2.22. The lowest BCUT2D eigenvalue weighted by atomic mass is 9.92. The molecule has 6 heteroatoms. The van der Waals surface area contributed by atoms with Gasteiger partial charge in [0.15, 0.2) is 0 Å². The SMILES string of the molecule is COc1ccccc1CC(=O)NC1CCc2n[nH]c(=O)cc2C1. The van der Waals surface area contributed by atoms with Crippen LogP contribution < -0.4 is 15.6 Å². The van der Waals surface area contributed by atoms with Gasteiger partial charge in [0, 0.05) is 17.7 Å². The van der Waals surface area contributed by atoms with Gasteiger partial charge < -0.3 is 10.1 Å². The Balaban J connectivity index is 1.64. The van der Waals surface area contributed by atoms with Crippen molar-refractivity contribution in [3.63, 3.8) is 0 Å². The third-order valence-electron chi connectivity index (χ3n) is 4.08. The topological polar surface area (TPSA) is 84.1 Å². The maximum absolute atomic E-state index is 12.3. The van der Waals surface area contributed by atoms with E-state index in [2.05, 4.69) is 15.5 Å². The zero-order chi connectivity index (χ0) is 16.2. The van der Waals surface area contributed by atoms with Crippen LogP contribution in [0.2, 0.25) is 0 Å². The van der Waals surface area contributed by atoms with Crippen molar-refractivity contribution in [2.45, 2.75) is 31.7 Å². The van der Waals surface area contributed by atoms with Crippen LogP contribution in [0, 0.1) is 0 Å². The third kappa shape index (κ3) is 3.59. The maximum Gasteiger partial charge on any atom is 0.264 e. The first kappa shape index (κ1) is 15.3. The minimum Gasteiger partial charge on any atom is -0.496 e. The first-order valence-electron chi connectivity index (χ1n) is 7.64. The average molecular weight is 313 g/mol. The Morgan fingerprint density at radius 3 is 3.09 bits per heavy atom. The van der Waals surface area contributed by atoms with Crippen LogP contribution in [0.1, 0.15) is 23.2 Å². The van der Waals surface area contributed by atoms with Gasteiger partial charge in [-0.25, -0.2) is 5.10 Å². The van der Waals surface area contributed by atoms with Gasteiger partial charge in [0.25, 0.3) is 5.56 Å². The average Bonchev–Trinajstić information content (AvgIpc) is 2.55. The van der Waals surface area contributed by atoms with Crippen molar-refractivity contribution < 1.29 is 9.53 Å². The van der Waals surface area contributed by atoms with Gasteiger partial charge in [-0.3, -0.25) is 9.59 Å². The number of methoxy groups -OCH3 is 1. The second kappa shape index (κ2) is 6.64. The number of amides is 1. The van der Waals surface area contributed by atoms with Crippen molar-refractivity contribution in [3.8, 4) is 5.75 Å². The Hall–Kier alpha value is -2.63. The summed E-state index contributed by atoms with van der Waals surface area (Å²) < 4.78 is 5.27. The van der Waals surface area contributed by atoms with Crippen molar-refractivity contribution in [2.75, 3.05) is 7.11 Å². The second-order valence-corrected chi connectivity index (χ2v) is 5.70. The lowest BCUT2D eigenvalue weighted by molar-refractivity contribution is -0.121. The summed E-state index contributed by atoms with van der Waals surface area (Å²) in [5, 5.41) is 9.55. The smallest absolute Gasteiger partial charge is 0.264 e.